The third-order valence-corrected chi connectivity index (χ3v) is 7.17. The summed E-state index contributed by atoms with van der Waals surface area (Å²) >= 11 is 0. The van der Waals surface area contributed by atoms with Crippen LogP contribution in [0.25, 0.3) is 11.0 Å². The molecule has 1 aliphatic rings. The van der Waals surface area contributed by atoms with Gasteiger partial charge in [-0.25, -0.2) is 4.98 Å². The predicted octanol–water partition coefficient (Wildman–Crippen LogP) is 5.80. The molecular formula is C32H35N3O3. The van der Waals surface area contributed by atoms with E-state index in [1.165, 1.54) is 5.56 Å². The van der Waals surface area contributed by atoms with Crippen LogP contribution in [0.2, 0.25) is 0 Å². The van der Waals surface area contributed by atoms with E-state index in [2.05, 4.69) is 29.3 Å². The molecule has 3 aromatic carbocycles. The highest BCUT2D eigenvalue weighted by molar-refractivity contribution is 5.81. The van der Waals surface area contributed by atoms with E-state index in [9.17, 15) is 4.79 Å². The first-order chi connectivity index (χ1) is 18.7. The van der Waals surface area contributed by atoms with Crippen molar-refractivity contribution >= 4 is 16.9 Å². The molecular weight excluding hydrogens is 474 g/mol. The topological polar surface area (TPSA) is 56.6 Å². The molecule has 1 unspecified atom stereocenters. The van der Waals surface area contributed by atoms with Crippen LogP contribution in [-0.2, 0) is 24.2 Å². The Kier molecular flexibility index (Phi) is 8.07. The number of amides is 1. The number of hydrogen-bond donors (Lipinski definition) is 0. The van der Waals surface area contributed by atoms with Gasteiger partial charge in [-0.2, -0.15) is 0 Å². The molecule has 0 radical (unpaired) electrons. The Balaban J connectivity index is 1.25. The van der Waals surface area contributed by atoms with Crippen molar-refractivity contribution < 1.29 is 14.3 Å². The average Bonchev–Trinajstić information content (AvgIpc) is 3.51. The monoisotopic (exact) mass is 509 g/mol. The number of carbonyl (C=O) groups is 1. The van der Waals surface area contributed by atoms with Gasteiger partial charge in [0.15, 0.2) is 11.5 Å². The smallest absolute Gasteiger partial charge is 0.223 e. The Morgan fingerprint density at radius 1 is 1.00 bits per heavy atom. The maximum absolute atomic E-state index is 12.9. The van der Waals surface area contributed by atoms with Crippen LogP contribution in [0.1, 0.15) is 35.7 Å². The Morgan fingerprint density at radius 2 is 1.82 bits per heavy atom. The van der Waals surface area contributed by atoms with Gasteiger partial charge in [0, 0.05) is 32.0 Å². The van der Waals surface area contributed by atoms with Crippen LogP contribution >= 0.6 is 0 Å². The van der Waals surface area contributed by atoms with Crippen LogP contribution in [0.3, 0.4) is 0 Å². The molecule has 1 saturated heterocycles. The van der Waals surface area contributed by atoms with E-state index in [0.717, 1.165) is 66.3 Å². The fourth-order valence-corrected chi connectivity index (χ4v) is 5.24. The molecule has 1 atom stereocenters. The number of allylic oxidation sites excluding steroid dienone is 1. The Labute approximate surface area is 224 Å². The molecule has 0 N–H and O–H groups in total. The lowest BCUT2D eigenvalue weighted by atomic mass is 10.1. The number of carbonyl (C=O) groups excluding carboxylic acids is 1. The lowest BCUT2D eigenvalue weighted by molar-refractivity contribution is -0.127. The first kappa shape index (κ1) is 25.6. The highest BCUT2D eigenvalue weighted by Gasteiger charge is 2.33. The number of ether oxygens (including phenoxy) is 2. The van der Waals surface area contributed by atoms with Crippen molar-refractivity contribution in [3.63, 3.8) is 0 Å². The zero-order valence-electron chi connectivity index (χ0n) is 22.0. The van der Waals surface area contributed by atoms with Gasteiger partial charge in [0.1, 0.15) is 5.82 Å². The second kappa shape index (κ2) is 12.0. The summed E-state index contributed by atoms with van der Waals surface area (Å²) in [6, 6.07) is 24.6. The number of aryl methyl sites for hydroxylation is 1. The highest BCUT2D eigenvalue weighted by atomic mass is 16.5. The molecule has 0 spiro atoms. The lowest BCUT2D eigenvalue weighted by Gasteiger charge is -2.17. The molecule has 1 fully saturated rings. The minimum atomic E-state index is 0.0871. The molecule has 0 aliphatic carbocycles. The van der Waals surface area contributed by atoms with Crippen LogP contribution in [0.5, 0.6) is 11.5 Å². The number of methoxy groups -OCH3 is 1. The van der Waals surface area contributed by atoms with Crippen LogP contribution in [-0.4, -0.2) is 47.2 Å². The van der Waals surface area contributed by atoms with Gasteiger partial charge in [0.2, 0.25) is 5.91 Å². The minimum Gasteiger partial charge on any atom is -0.493 e. The van der Waals surface area contributed by atoms with Gasteiger partial charge in [-0.05, 0) is 54.7 Å². The standard InChI is InChI=1S/C32H35N3O3/c1-3-10-25-15-16-29(30(21-25)37-2)38-20-9-18-35-28-14-8-7-13-27(28)33-32(35)26-22-31(36)34(23-26)19-17-24-11-5-4-6-12-24/h3-8,11-16,21,26H,1,9-10,17-20,22-23H2,2H3. The number of likely N-dealkylation sites (tertiary alicyclic amines) is 1. The third-order valence-electron chi connectivity index (χ3n) is 7.17. The number of para-hydroxylation sites is 2. The van der Waals surface area contributed by atoms with E-state index in [0.29, 0.717) is 19.6 Å². The Morgan fingerprint density at radius 3 is 2.63 bits per heavy atom. The number of benzene rings is 3. The summed E-state index contributed by atoms with van der Waals surface area (Å²) in [5.74, 6) is 2.77. The van der Waals surface area contributed by atoms with Crippen LogP contribution in [0, 0.1) is 0 Å². The quantitative estimate of drug-likeness (QED) is 0.179. The summed E-state index contributed by atoms with van der Waals surface area (Å²) in [4.78, 5) is 19.9. The summed E-state index contributed by atoms with van der Waals surface area (Å²) in [5, 5.41) is 0. The molecule has 1 aliphatic heterocycles. The van der Waals surface area contributed by atoms with Crippen molar-refractivity contribution in [2.24, 2.45) is 0 Å². The average molecular weight is 510 g/mol. The van der Waals surface area contributed by atoms with Crippen molar-refractivity contribution in [1.29, 1.82) is 0 Å². The third kappa shape index (κ3) is 5.75. The van der Waals surface area contributed by atoms with Crippen molar-refractivity contribution in [2.75, 3.05) is 26.8 Å². The largest absolute Gasteiger partial charge is 0.493 e. The number of aromatic nitrogens is 2. The maximum atomic E-state index is 12.9. The van der Waals surface area contributed by atoms with Crippen LogP contribution < -0.4 is 9.47 Å². The maximum Gasteiger partial charge on any atom is 0.223 e. The number of fused-ring (bicyclic) bond motifs is 1. The zero-order valence-corrected chi connectivity index (χ0v) is 22.0. The normalized spacial score (nSPS) is 15.2. The van der Waals surface area contributed by atoms with Gasteiger partial charge < -0.3 is 18.9 Å². The van der Waals surface area contributed by atoms with E-state index < -0.39 is 0 Å². The summed E-state index contributed by atoms with van der Waals surface area (Å²) in [6.07, 6.45) is 4.85. The molecule has 6 heteroatoms. The fourth-order valence-electron chi connectivity index (χ4n) is 5.24. The van der Waals surface area contributed by atoms with E-state index in [-0.39, 0.29) is 11.8 Å². The van der Waals surface area contributed by atoms with Crippen LogP contribution in [0.4, 0.5) is 0 Å². The van der Waals surface area contributed by atoms with Gasteiger partial charge in [-0.1, -0.05) is 54.6 Å². The predicted molar refractivity (Wildman–Crippen MR) is 151 cm³/mol. The Hall–Kier alpha value is -4.06. The Bertz CT molecular complexity index is 1400. The molecule has 6 nitrogen and oxygen atoms in total. The first-order valence-corrected chi connectivity index (χ1v) is 13.3. The summed E-state index contributed by atoms with van der Waals surface area (Å²) in [7, 11) is 1.66. The van der Waals surface area contributed by atoms with E-state index in [1.807, 2.05) is 65.6 Å². The summed E-state index contributed by atoms with van der Waals surface area (Å²) in [5.41, 5.74) is 4.47. The SMILES string of the molecule is C=CCc1ccc(OCCCn2c(C3CC(=O)N(CCc4ccccc4)C3)nc3ccccc32)c(OC)c1. The van der Waals surface area contributed by atoms with Gasteiger partial charge in [-0.3, -0.25) is 4.79 Å². The molecule has 0 saturated carbocycles. The number of imidazole rings is 1. The molecule has 5 rings (SSSR count). The number of nitrogens with zero attached hydrogens (tertiary/aromatic N) is 3. The summed E-state index contributed by atoms with van der Waals surface area (Å²) in [6.45, 7) is 6.57. The highest BCUT2D eigenvalue weighted by Crippen LogP contribution is 2.31. The lowest BCUT2D eigenvalue weighted by Crippen LogP contribution is -2.27. The van der Waals surface area contributed by atoms with E-state index >= 15 is 0 Å². The van der Waals surface area contributed by atoms with Gasteiger partial charge in [0.05, 0.1) is 24.8 Å². The van der Waals surface area contributed by atoms with Crippen molar-refractivity contribution in [2.45, 2.75) is 38.1 Å². The van der Waals surface area contributed by atoms with Crippen LogP contribution in [0.15, 0.2) is 85.5 Å². The molecule has 2 heterocycles. The fraction of sp³-hybridized carbons (Fsp3) is 0.312. The molecule has 4 aromatic rings. The van der Waals surface area contributed by atoms with Crippen molar-refractivity contribution in [3.8, 4) is 11.5 Å². The molecule has 196 valence electrons. The van der Waals surface area contributed by atoms with Gasteiger partial charge in [-0.15, -0.1) is 6.58 Å². The van der Waals surface area contributed by atoms with Crippen molar-refractivity contribution in [3.05, 3.63) is 102 Å². The second-order valence-electron chi connectivity index (χ2n) is 9.77. The minimum absolute atomic E-state index is 0.0871. The first-order valence-electron chi connectivity index (χ1n) is 13.3. The van der Waals surface area contributed by atoms with Gasteiger partial charge in [0.25, 0.3) is 0 Å². The van der Waals surface area contributed by atoms with Gasteiger partial charge >= 0.3 is 0 Å². The van der Waals surface area contributed by atoms with E-state index in [4.69, 9.17) is 14.5 Å². The van der Waals surface area contributed by atoms with E-state index in [1.54, 1.807) is 7.11 Å². The molecule has 1 aromatic heterocycles. The molecule has 1 amide bonds. The number of rotatable bonds is 12. The second-order valence-corrected chi connectivity index (χ2v) is 9.77. The zero-order chi connectivity index (χ0) is 26.3. The molecule has 0 bridgehead atoms. The summed E-state index contributed by atoms with van der Waals surface area (Å²) < 4.78 is 13.9. The van der Waals surface area contributed by atoms with Crippen molar-refractivity contribution in [1.82, 2.24) is 14.5 Å². The molecule has 38 heavy (non-hydrogen) atoms. The number of hydrogen-bond acceptors (Lipinski definition) is 4.